The van der Waals surface area contributed by atoms with Crippen LogP contribution in [0.4, 0.5) is 4.39 Å². The van der Waals surface area contributed by atoms with Crippen molar-refractivity contribution in [3.63, 3.8) is 0 Å². The van der Waals surface area contributed by atoms with E-state index in [2.05, 4.69) is 4.98 Å². The normalized spacial score (nSPS) is 15.8. The first kappa shape index (κ1) is 8.16. The predicted octanol–water partition coefficient (Wildman–Crippen LogP) is 1.20. The number of aromatic nitrogens is 1. The van der Waals surface area contributed by atoms with Crippen molar-refractivity contribution in [2.24, 2.45) is 5.73 Å². The molecule has 4 heteroatoms. The average Bonchev–Trinajstić information content (AvgIpc) is 2.87. The van der Waals surface area contributed by atoms with E-state index in [0.29, 0.717) is 5.69 Å². The number of carbonyl (C=O) groups is 1. The van der Waals surface area contributed by atoms with Gasteiger partial charge >= 0.3 is 0 Å². The number of carbonyl (C=O) groups excluding carboxylic acids is 1. The molecule has 2 N–H and O–H groups in total. The fourth-order valence-corrected chi connectivity index (χ4v) is 1.24. The first-order chi connectivity index (χ1) is 6.18. The van der Waals surface area contributed by atoms with Crippen LogP contribution in [-0.2, 0) is 0 Å². The van der Waals surface area contributed by atoms with E-state index < -0.39 is 5.91 Å². The summed E-state index contributed by atoms with van der Waals surface area (Å²) in [4.78, 5) is 14.6. The van der Waals surface area contributed by atoms with Crippen LogP contribution in [0.1, 0.15) is 34.9 Å². The molecule has 1 saturated carbocycles. The Kier molecular flexibility index (Phi) is 1.76. The molecule has 0 radical (unpaired) electrons. The zero-order chi connectivity index (χ0) is 9.42. The van der Waals surface area contributed by atoms with Crippen LogP contribution in [0.3, 0.4) is 0 Å². The van der Waals surface area contributed by atoms with Crippen LogP contribution < -0.4 is 5.73 Å². The van der Waals surface area contributed by atoms with Crippen LogP contribution in [0.5, 0.6) is 0 Å². The number of nitrogens with two attached hydrogens (primary N) is 1. The monoisotopic (exact) mass is 180 g/mol. The molecule has 1 heterocycles. The third kappa shape index (κ3) is 1.52. The molecule has 3 nitrogen and oxygen atoms in total. The molecule has 0 bridgehead atoms. The lowest BCUT2D eigenvalue weighted by Crippen LogP contribution is -2.14. The molecule has 1 amide bonds. The van der Waals surface area contributed by atoms with Gasteiger partial charge in [0.15, 0.2) is 0 Å². The highest BCUT2D eigenvalue weighted by Crippen LogP contribution is 2.40. The minimum Gasteiger partial charge on any atom is -0.364 e. The third-order valence-corrected chi connectivity index (χ3v) is 2.09. The minimum absolute atomic E-state index is 0.142. The summed E-state index contributed by atoms with van der Waals surface area (Å²) in [7, 11) is 0. The Morgan fingerprint density at radius 1 is 1.54 bits per heavy atom. The van der Waals surface area contributed by atoms with E-state index in [0.717, 1.165) is 12.8 Å². The Hall–Kier alpha value is -1.45. The van der Waals surface area contributed by atoms with Crippen molar-refractivity contribution in [1.82, 2.24) is 4.98 Å². The molecular weight excluding hydrogens is 171 g/mol. The summed E-state index contributed by atoms with van der Waals surface area (Å²) in [6.07, 6.45) is 1.90. The molecule has 0 aromatic carbocycles. The van der Waals surface area contributed by atoms with Crippen molar-refractivity contribution < 1.29 is 9.18 Å². The fraction of sp³-hybridized carbons (Fsp3) is 0.333. The number of rotatable bonds is 2. The molecule has 0 saturated heterocycles. The zero-order valence-corrected chi connectivity index (χ0v) is 6.96. The standard InChI is InChI=1S/C9H9FN2O/c10-6-3-4-7(9(11)13)12-8(6)5-1-2-5/h3-5H,1-2H2,(H2,11,13). The van der Waals surface area contributed by atoms with Gasteiger partial charge in [-0.2, -0.15) is 0 Å². The fourth-order valence-electron chi connectivity index (χ4n) is 1.24. The molecule has 1 aromatic rings. The van der Waals surface area contributed by atoms with Crippen LogP contribution in [0, 0.1) is 5.82 Å². The lowest BCUT2D eigenvalue weighted by atomic mass is 10.2. The summed E-state index contributed by atoms with van der Waals surface area (Å²) in [6, 6.07) is 2.56. The van der Waals surface area contributed by atoms with Gasteiger partial charge < -0.3 is 5.73 Å². The lowest BCUT2D eigenvalue weighted by Gasteiger charge is -2.01. The maximum Gasteiger partial charge on any atom is 0.267 e. The molecule has 68 valence electrons. The Labute approximate surface area is 74.8 Å². The molecule has 2 rings (SSSR count). The van der Waals surface area contributed by atoms with E-state index in [1.54, 1.807) is 0 Å². The number of halogens is 1. The Balaban J connectivity index is 2.41. The van der Waals surface area contributed by atoms with Crippen LogP contribution >= 0.6 is 0 Å². The van der Waals surface area contributed by atoms with Crippen molar-refractivity contribution in [2.75, 3.05) is 0 Å². The van der Waals surface area contributed by atoms with E-state index in [9.17, 15) is 9.18 Å². The molecule has 0 spiro atoms. The number of nitrogens with zero attached hydrogens (tertiary/aromatic N) is 1. The van der Waals surface area contributed by atoms with Crippen molar-refractivity contribution in [1.29, 1.82) is 0 Å². The number of pyridine rings is 1. The Morgan fingerprint density at radius 2 is 2.23 bits per heavy atom. The van der Waals surface area contributed by atoms with E-state index in [1.807, 2.05) is 0 Å². The molecule has 13 heavy (non-hydrogen) atoms. The van der Waals surface area contributed by atoms with Crippen LogP contribution in [0.15, 0.2) is 12.1 Å². The number of hydrogen-bond donors (Lipinski definition) is 1. The van der Waals surface area contributed by atoms with Gasteiger partial charge in [-0.25, -0.2) is 9.37 Å². The first-order valence-electron chi connectivity index (χ1n) is 4.14. The van der Waals surface area contributed by atoms with Crippen LogP contribution in [0.25, 0.3) is 0 Å². The topological polar surface area (TPSA) is 56.0 Å². The molecule has 0 unspecified atom stereocenters. The van der Waals surface area contributed by atoms with Crippen LogP contribution in [0.2, 0.25) is 0 Å². The van der Waals surface area contributed by atoms with Gasteiger partial charge in [-0.05, 0) is 25.0 Å². The second-order valence-electron chi connectivity index (χ2n) is 3.20. The van der Waals surface area contributed by atoms with E-state index in [4.69, 9.17) is 5.73 Å². The maximum absolute atomic E-state index is 13.1. The van der Waals surface area contributed by atoms with E-state index in [1.165, 1.54) is 12.1 Å². The molecule has 1 aliphatic carbocycles. The number of hydrogen-bond acceptors (Lipinski definition) is 2. The van der Waals surface area contributed by atoms with Gasteiger partial charge in [0.05, 0.1) is 5.69 Å². The Morgan fingerprint density at radius 3 is 2.77 bits per heavy atom. The number of amides is 1. The van der Waals surface area contributed by atoms with Crippen molar-refractivity contribution in [3.8, 4) is 0 Å². The largest absolute Gasteiger partial charge is 0.364 e. The zero-order valence-electron chi connectivity index (χ0n) is 6.96. The highest BCUT2D eigenvalue weighted by molar-refractivity contribution is 5.90. The first-order valence-corrected chi connectivity index (χ1v) is 4.14. The smallest absolute Gasteiger partial charge is 0.267 e. The van der Waals surface area contributed by atoms with Crippen molar-refractivity contribution in [3.05, 3.63) is 29.3 Å². The molecule has 1 aliphatic rings. The highest BCUT2D eigenvalue weighted by atomic mass is 19.1. The van der Waals surface area contributed by atoms with Gasteiger partial charge in [0.25, 0.3) is 5.91 Å². The van der Waals surface area contributed by atoms with Gasteiger partial charge in [0.2, 0.25) is 0 Å². The SMILES string of the molecule is NC(=O)c1ccc(F)c(C2CC2)n1. The van der Waals surface area contributed by atoms with Gasteiger partial charge in [-0.1, -0.05) is 0 Å². The van der Waals surface area contributed by atoms with Crippen molar-refractivity contribution in [2.45, 2.75) is 18.8 Å². The predicted molar refractivity (Wildman–Crippen MR) is 44.7 cm³/mol. The summed E-state index contributed by atoms with van der Waals surface area (Å²) in [5.74, 6) is -0.756. The summed E-state index contributed by atoms with van der Waals surface area (Å²) >= 11 is 0. The van der Waals surface area contributed by atoms with Gasteiger partial charge in [-0.15, -0.1) is 0 Å². The van der Waals surface area contributed by atoms with Gasteiger partial charge in [0, 0.05) is 5.92 Å². The summed E-state index contributed by atoms with van der Waals surface area (Å²) in [6.45, 7) is 0. The van der Waals surface area contributed by atoms with Crippen LogP contribution in [-0.4, -0.2) is 10.9 Å². The van der Waals surface area contributed by atoms with E-state index in [-0.39, 0.29) is 17.4 Å². The minimum atomic E-state index is -0.609. The molecule has 1 fully saturated rings. The molecular formula is C9H9FN2O. The second-order valence-corrected chi connectivity index (χ2v) is 3.20. The summed E-state index contributed by atoms with van der Waals surface area (Å²) in [5.41, 5.74) is 5.56. The third-order valence-electron chi connectivity index (χ3n) is 2.09. The average molecular weight is 180 g/mol. The highest BCUT2D eigenvalue weighted by Gasteiger charge is 2.28. The summed E-state index contributed by atoms with van der Waals surface area (Å²) in [5, 5.41) is 0. The van der Waals surface area contributed by atoms with E-state index >= 15 is 0 Å². The second kappa shape index (κ2) is 2.80. The summed E-state index contributed by atoms with van der Waals surface area (Å²) < 4.78 is 13.1. The van der Waals surface area contributed by atoms with Gasteiger partial charge in [-0.3, -0.25) is 4.79 Å². The Bertz CT molecular complexity index is 361. The molecule has 0 aliphatic heterocycles. The van der Waals surface area contributed by atoms with Crippen molar-refractivity contribution >= 4 is 5.91 Å². The quantitative estimate of drug-likeness (QED) is 0.743. The lowest BCUT2D eigenvalue weighted by molar-refractivity contribution is 0.0995. The maximum atomic E-state index is 13.1. The molecule has 1 aromatic heterocycles. The van der Waals surface area contributed by atoms with Gasteiger partial charge in [0.1, 0.15) is 11.5 Å². The molecule has 0 atom stereocenters. The number of primary amides is 1.